The zero-order valence-corrected chi connectivity index (χ0v) is 16.7. The Kier molecular flexibility index (Phi) is 6.39. The van der Waals surface area contributed by atoms with Gasteiger partial charge in [0.2, 0.25) is 5.91 Å². The molecule has 25 heavy (non-hydrogen) atoms. The number of carboxylic acid groups (broad SMARTS) is 1. The van der Waals surface area contributed by atoms with Gasteiger partial charge in [0.25, 0.3) is 0 Å². The zero-order valence-electron chi connectivity index (χ0n) is 15.0. The molecule has 1 aromatic rings. The number of carboxylic acids is 1. The average Bonchev–Trinajstić information content (AvgIpc) is 3.05. The Balaban J connectivity index is 2.16. The van der Waals surface area contributed by atoms with Crippen LogP contribution in [0.25, 0.3) is 0 Å². The molecule has 0 spiro atoms. The van der Waals surface area contributed by atoms with Crippen molar-refractivity contribution < 1.29 is 19.3 Å². The molecule has 2 rings (SSSR count). The fourth-order valence-corrected chi connectivity index (χ4v) is 6.84. The van der Waals surface area contributed by atoms with Crippen molar-refractivity contribution in [1.82, 2.24) is 4.90 Å². The molecule has 138 valence electrons. The van der Waals surface area contributed by atoms with Gasteiger partial charge in [-0.15, -0.1) is 0 Å². The summed E-state index contributed by atoms with van der Waals surface area (Å²) in [6, 6.07) is 9.05. The molecule has 1 heterocycles. The molecule has 0 bridgehead atoms. The maximum Gasteiger partial charge on any atom is 0.326 e. The second kappa shape index (κ2) is 7.96. The number of rotatable bonds is 7. The normalized spacial score (nSPS) is 22.2. The Morgan fingerprint density at radius 3 is 2.56 bits per heavy atom. The smallest absolute Gasteiger partial charge is 0.326 e. The molecule has 0 radical (unpaired) electrons. The number of nitrogens with zero attached hydrogens (tertiary/aromatic N) is 1. The predicted octanol–water partition coefficient (Wildman–Crippen LogP) is 3.38. The van der Waals surface area contributed by atoms with E-state index < -0.39 is 23.6 Å². The fraction of sp³-hybridized carbons (Fsp3) is 0.556. The topological polar surface area (TPSA) is 74.7 Å². The summed E-state index contributed by atoms with van der Waals surface area (Å²) in [5, 5.41) is 9.26. The molecule has 1 N–H and O–H groups in total. The van der Waals surface area contributed by atoms with Gasteiger partial charge in [-0.1, -0.05) is 30.3 Å². The van der Waals surface area contributed by atoms with Gasteiger partial charge in [0.05, 0.1) is 10.7 Å². The van der Waals surface area contributed by atoms with Crippen LogP contribution in [0.2, 0.25) is 0 Å². The van der Waals surface area contributed by atoms with Crippen molar-refractivity contribution in [3.05, 3.63) is 35.9 Å². The SMILES string of the molecule is CSC(C)(Cc1ccccc1)P(C)(=O)CC(=O)N1CCCC1C(=O)O. The minimum Gasteiger partial charge on any atom is -0.480 e. The van der Waals surface area contributed by atoms with Gasteiger partial charge < -0.3 is 14.6 Å². The van der Waals surface area contributed by atoms with E-state index in [0.717, 1.165) is 5.56 Å². The number of thioether (sulfide) groups is 1. The number of amides is 1. The van der Waals surface area contributed by atoms with Gasteiger partial charge >= 0.3 is 5.97 Å². The Morgan fingerprint density at radius 1 is 1.36 bits per heavy atom. The number of carbonyl (C=O) groups excluding carboxylic acids is 1. The van der Waals surface area contributed by atoms with Crippen molar-refractivity contribution in [2.24, 2.45) is 0 Å². The third-order valence-electron chi connectivity index (χ3n) is 5.11. The molecule has 3 atom stereocenters. The van der Waals surface area contributed by atoms with Gasteiger partial charge in [0.1, 0.15) is 13.2 Å². The number of carbonyl (C=O) groups is 2. The largest absolute Gasteiger partial charge is 0.480 e. The first-order valence-corrected chi connectivity index (χ1v) is 11.9. The number of hydrogen-bond acceptors (Lipinski definition) is 4. The third-order valence-corrected chi connectivity index (χ3v) is 10.9. The van der Waals surface area contributed by atoms with Crippen molar-refractivity contribution in [2.45, 2.75) is 36.7 Å². The van der Waals surface area contributed by atoms with Gasteiger partial charge in [-0.25, -0.2) is 4.79 Å². The number of benzene rings is 1. The van der Waals surface area contributed by atoms with Crippen LogP contribution in [-0.4, -0.2) is 58.0 Å². The first-order chi connectivity index (χ1) is 11.7. The van der Waals surface area contributed by atoms with Gasteiger partial charge in [-0.05, 0) is 44.7 Å². The van der Waals surface area contributed by atoms with E-state index >= 15 is 0 Å². The summed E-state index contributed by atoms with van der Waals surface area (Å²) in [7, 11) is -2.87. The minimum atomic E-state index is -2.87. The maximum atomic E-state index is 13.5. The van der Waals surface area contributed by atoms with Crippen molar-refractivity contribution >= 4 is 30.8 Å². The Hall–Kier alpha value is -1.26. The molecule has 1 saturated heterocycles. The number of likely N-dealkylation sites (tertiary alicyclic amines) is 1. The molecule has 0 aliphatic carbocycles. The first-order valence-electron chi connectivity index (χ1n) is 8.38. The van der Waals surface area contributed by atoms with Crippen LogP contribution in [-0.2, 0) is 20.6 Å². The van der Waals surface area contributed by atoms with E-state index in [4.69, 9.17) is 0 Å². The van der Waals surface area contributed by atoms with E-state index in [9.17, 15) is 19.3 Å². The van der Waals surface area contributed by atoms with Crippen LogP contribution >= 0.6 is 18.9 Å². The van der Waals surface area contributed by atoms with Crippen LogP contribution in [0.5, 0.6) is 0 Å². The predicted molar refractivity (Wildman–Crippen MR) is 103 cm³/mol. The van der Waals surface area contributed by atoms with Crippen molar-refractivity contribution in [1.29, 1.82) is 0 Å². The maximum absolute atomic E-state index is 13.5. The lowest BCUT2D eigenvalue weighted by molar-refractivity contribution is -0.147. The Morgan fingerprint density at radius 2 is 2.00 bits per heavy atom. The van der Waals surface area contributed by atoms with Crippen LogP contribution in [0.3, 0.4) is 0 Å². The zero-order chi connectivity index (χ0) is 18.7. The molecule has 3 unspecified atom stereocenters. The lowest BCUT2D eigenvalue weighted by atomic mass is 10.1. The molecule has 0 aromatic heterocycles. The molecule has 1 fully saturated rings. The lowest BCUT2D eigenvalue weighted by Crippen LogP contribution is -2.42. The molecular formula is C18H26NO4PS. The van der Waals surface area contributed by atoms with Crippen molar-refractivity contribution in [3.8, 4) is 0 Å². The van der Waals surface area contributed by atoms with E-state index in [2.05, 4.69) is 0 Å². The minimum absolute atomic E-state index is 0.0824. The molecule has 1 aliphatic heterocycles. The summed E-state index contributed by atoms with van der Waals surface area (Å²) in [6.07, 6.45) is 3.60. The molecule has 0 saturated carbocycles. The third kappa shape index (κ3) is 4.48. The average molecular weight is 383 g/mol. The van der Waals surface area contributed by atoms with E-state index in [1.165, 1.54) is 16.7 Å². The first kappa shape index (κ1) is 20.1. The van der Waals surface area contributed by atoms with Gasteiger partial charge in [-0.2, -0.15) is 11.8 Å². The second-order valence-corrected chi connectivity index (χ2v) is 12.0. The molecule has 1 aliphatic rings. The van der Waals surface area contributed by atoms with Crippen LogP contribution in [0.4, 0.5) is 0 Å². The molecule has 1 aromatic carbocycles. The van der Waals surface area contributed by atoms with E-state index in [1.54, 1.807) is 6.66 Å². The summed E-state index contributed by atoms with van der Waals surface area (Å²) in [4.78, 5) is 25.4. The van der Waals surface area contributed by atoms with Crippen molar-refractivity contribution in [2.75, 3.05) is 25.6 Å². The quantitative estimate of drug-likeness (QED) is 0.731. The van der Waals surface area contributed by atoms with Crippen molar-refractivity contribution in [3.63, 3.8) is 0 Å². The molecule has 7 heteroatoms. The Labute approximate surface area is 153 Å². The highest BCUT2D eigenvalue weighted by Crippen LogP contribution is 2.61. The van der Waals surface area contributed by atoms with Gasteiger partial charge in [-0.3, -0.25) is 4.79 Å². The molecule has 1 amide bonds. The van der Waals surface area contributed by atoms with E-state index in [0.29, 0.717) is 25.8 Å². The monoisotopic (exact) mass is 383 g/mol. The summed E-state index contributed by atoms with van der Waals surface area (Å²) in [5.41, 5.74) is 1.08. The second-order valence-electron chi connectivity index (χ2n) is 6.88. The van der Waals surface area contributed by atoms with Crippen LogP contribution in [0.15, 0.2) is 30.3 Å². The summed E-state index contributed by atoms with van der Waals surface area (Å²) in [6.45, 7) is 4.05. The highest BCUT2D eigenvalue weighted by molar-refractivity contribution is 8.07. The molecular weight excluding hydrogens is 357 g/mol. The summed E-state index contributed by atoms with van der Waals surface area (Å²) in [5.74, 6) is -1.28. The highest BCUT2D eigenvalue weighted by Gasteiger charge is 2.44. The van der Waals surface area contributed by atoms with Crippen LogP contribution in [0, 0.1) is 0 Å². The van der Waals surface area contributed by atoms with E-state index in [-0.39, 0.29) is 12.1 Å². The number of aliphatic carboxylic acids is 1. The lowest BCUT2D eigenvalue weighted by Gasteiger charge is -2.35. The summed E-state index contributed by atoms with van der Waals surface area (Å²) < 4.78 is 12.9. The number of hydrogen-bond donors (Lipinski definition) is 1. The van der Waals surface area contributed by atoms with E-state index in [1.807, 2.05) is 43.5 Å². The van der Waals surface area contributed by atoms with Crippen LogP contribution in [0.1, 0.15) is 25.3 Å². The van der Waals surface area contributed by atoms with Gasteiger partial charge in [0.15, 0.2) is 0 Å². The summed E-state index contributed by atoms with van der Waals surface area (Å²) >= 11 is 1.52. The standard InChI is InChI=1S/C18H26NO4PS/c1-18(25-3,12-14-8-5-4-6-9-14)24(2,23)13-16(20)19-11-7-10-15(19)17(21)22/h4-6,8-9,15H,7,10-13H2,1-3H3,(H,21,22). The highest BCUT2D eigenvalue weighted by atomic mass is 32.2. The fourth-order valence-electron chi connectivity index (χ4n) is 3.25. The Bertz CT molecular complexity index is 681. The molecule has 5 nitrogen and oxygen atoms in total. The van der Waals surface area contributed by atoms with Gasteiger partial charge in [0, 0.05) is 6.54 Å². The van der Waals surface area contributed by atoms with Crippen LogP contribution < -0.4 is 0 Å².